The van der Waals surface area contributed by atoms with E-state index in [1.807, 2.05) is 0 Å². The first-order valence-electron chi connectivity index (χ1n) is 7.49. The lowest BCUT2D eigenvalue weighted by atomic mass is 9.67. The van der Waals surface area contributed by atoms with Gasteiger partial charge in [-0.2, -0.15) is 0 Å². The molecule has 2 unspecified atom stereocenters. The summed E-state index contributed by atoms with van der Waals surface area (Å²) in [5.74, 6) is 3.15. The molecule has 1 N–H and O–H groups in total. The highest BCUT2D eigenvalue weighted by Crippen LogP contribution is 2.41. The topological polar surface area (TPSA) is 12.0 Å². The van der Waals surface area contributed by atoms with Gasteiger partial charge in [0.25, 0.3) is 0 Å². The van der Waals surface area contributed by atoms with E-state index in [1.165, 1.54) is 51.5 Å². The molecule has 2 aliphatic carbocycles. The van der Waals surface area contributed by atoms with E-state index in [0.717, 1.165) is 17.8 Å². The molecule has 0 aromatic rings. The molecule has 0 radical (unpaired) electrons. The second-order valence-electron chi connectivity index (χ2n) is 6.40. The van der Waals surface area contributed by atoms with Crippen LogP contribution < -0.4 is 5.32 Å². The molecule has 0 heterocycles. The van der Waals surface area contributed by atoms with E-state index >= 15 is 0 Å². The van der Waals surface area contributed by atoms with Gasteiger partial charge in [0.05, 0.1) is 0 Å². The Morgan fingerprint density at radius 3 is 2.19 bits per heavy atom. The normalized spacial score (nSPS) is 31.7. The number of nitrogens with one attached hydrogen (secondary N) is 1. The molecule has 0 spiro atoms. The Labute approximate surface area is 101 Å². The summed E-state index contributed by atoms with van der Waals surface area (Å²) in [6.07, 6.45) is 12.1. The van der Waals surface area contributed by atoms with Gasteiger partial charge in [0.15, 0.2) is 0 Å². The van der Waals surface area contributed by atoms with Gasteiger partial charge in [-0.1, -0.05) is 46.0 Å². The van der Waals surface area contributed by atoms with Crippen molar-refractivity contribution >= 4 is 0 Å². The molecular formula is C15H29N. The molecule has 1 nitrogen and oxygen atoms in total. The quantitative estimate of drug-likeness (QED) is 0.743. The largest absolute Gasteiger partial charge is 0.314 e. The van der Waals surface area contributed by atoms with Gasteiger partial charge in [-0.15, -0.1) is 0 Å². The van der Waals surface area contributed by atoms with Crippen LogP contribution in [0, 0.1) is 17.8 Å². The molecule has 0 aromatic heterocycles. The first-order chi connectivity index (χ1) is 7.75. The summed E-state index contributed by atoms with van der Waals surface area (Å²) >= 11 is 0. The average molecular weight is 223 g/mol. The van der Waals surface area contributed by atoms with Crippen LogP contribution in [0.15, 0.2) is 0 Å². The SMILES string of the molecule is CC(C)NCC1CCC1CC1CCCCC1. The van der Waals surface area contributed by atoms with Crippen LogP contribution in [0.25, 0.3) is 0 Å². The third-order valence-corrected chi connectivity index (χ3v) is 4.72. The Balaban J connectivity index is 1.65. The molecule has 1 heteroatoms. The van der Waals surface area contributed by atoms with Crippen molar-refractivity contribution in [3.63, 3.8) is 0 Å². The van der Waals surface area contributed by atoms with Gasteiger partial charge in [0.2, 0.25) is 0 Å². The van der Waals surface area contributed by atoms with Crippen molar-refractivity contribution in [1.82, 2.24) is 5.32 Å². The predicted molar refractivity (Wildman–Crippen MR) is 70.5 cm³/mol. The van der Waals surface area contributed by atoms with Crippen molar-refractivity contribution in [3.8, 4) is 0 Å². The molecule has 2 atom stereocenters. The minimum atomic E-state index is 0.663. The van der Waals surface area contributed by atoms with Crippen molar-refractivity contribution in [2.24, 2.45) is 17.8 Å². The summed E-state index contributed by atoms with van der Waals surface area (Å²) < 4.78 is 0. The fraction of sp³-hybridized carbons (Fsp3) is 1.00. The van der Waals surface area contributed by atoms with Gasteiger partial charge in [-0.25, -0.2) is 0 Å². The van der Waals surface area contributed by atoms with Crippen LogP contribution >= 0.6 is 0 Å². The van der Waals surface area contributed by atoms with Gasteiger partial charge in [0.1, 0.15) is 0 Å². The van der Waals surface area contributed by atoms with Crippen LogP contribution in [0.1, 0.15) is 65.2 Å². The van der Waals surface area contributed by atoms with Crippen molar-refractivity contribution in [3.05, 3.63) is 0 Å². The smallest absolute Gasteiger partial charge is 0.00104 e. The molecule has 2 fully saturated rings. The van der Waals surface area contributed by atoms with E-state index < -0.39 is 0 Å². The Morgan fingerprint density at radius 2 is 1.62 bits per heavy atom. The van der Waals surface area contributed by atoms with Crippen LogP contribution in [0.4, 0.5) is 0 Å². The standard InChI is InChI=1S/C15H29N/c1-12(2)16-11-15-9-8-14(15)10-13-6-4-3-5-7-13/h12-16H,3-11H2,1-2H3. The van der Waals surface area contributed by atoms with E-state index in [4.69, 9.17) is 0 Å². The van der Waals surface area contributed by atoms with E-state index in [0.29, 0.717) is 6.04 Å². The summed E-state index contributed by atoms with van der Waals surface area (Å²) in [5, 5.41) is 3.61. The second-order valence-corrected chi connectivity index (χ2v) is 6.40. The summed E-state index contributed by atoms with van der Waals surface area (Å²) in [6.45, 7) is 5.79. The lowest BCUT2D eigenvalue weighted by Gasteiger charge is -2.40. The van der Waals surface area contributed by atoms with Crippen LogP contribution in [-0.4, -0.2) is 12.6 Å². The monoisotopic (exact) mass is 223 g/mol. The van der Waals surface area contributed by atoms with Crippen molar-refractivity contribution < 1.29 is 0 Å². The summed E-state index contributed by atoms with van der Waals surface area (Å²) in [7, 11) is 0. The maximum absolute atomic E-state index is 3.61. The highest BCUT2D eigenvalue weighted by molar-refractivity contribution is 4.85. The van der Waals surface area contributed by atoms with Gasteiger partial charge in [0, 0.05) is 6.04 Å². The van der Waals surface area contributed by atoms with Crippen LogP contribution in [-0.2, 0) is 0 Å². The first kappa shape index (κ1) is 12.4. The summed E-state index contributed by atoms with van der Waals surface area (Å²) in [6, 6.07) is 0.663. The minimum absolute atomic E-state index is 0.663. The zero-order valence-corrected chi connectivity index (χ0v) is 11.2. The van der Waals surface area contributed by atoms with Gasteiger partial charge >= 0.3 is 0 Å². The highest BCUT2D eigenvalue weighted by Gasteiger charge is 2.32. The molecule has 0 aromatic carbocycles. The fourth-order valence-corrected chi connectivity index (χ4v) is 3.46. The highest BCUT2D eigenvalue weighted by atomic mass is 14.9. The van der Waals surface area contributed by atoms with Crippen LogP contribution in [0.3, 0.4) is 0 Å². The van der Waals surface area contributed by atoms with Gasteiger partial charge in [-0.3, -0.25) is 0 Å². The van der Waals surface area contributed by atoms with Crippen molar-refractivity contribution in [1.29, 1.82) is 0 Å². The van der Waals surface area contributed by atoms with E-state index in [9.17, 15) is 0 Å². The van der Waals surface area contributed by atoms with Crippen LogP contribution in [0.5, 0.6) is 0 Å². The molecule has 0 saturated heterocycles. The van der Waals surface area contributed by atoms with E-state index in [-0.39, 0.29) is 0 Å². The number of hydrogen-bond acceptors (Lipinski definition) is 1. The van der Waals surface area contributed by atoms with E-state index in [2.05, 4.69) is 19.2 Å². The second kappa shape index (κ2) is 6.05. The van der Waals surface area contributed by atoms with Crippen molar-refractivity contribution in [2.75, 3.05) is 6.54 Å². The third kappa shape index (κ3) is 3.48. The first-order valence-corrected chi connectivity index (χ1v) is 7.49. The Bertz CT molecular complexity index is 194. The van der Waals surface area contributed by atoms with Crippen LogP contribution in [0.2, 0.25) is 0 Å². The number of rotatable bonds is 5. The molecule has 0 amide bonds. The lowest BCUT2D eigenvalue weighted by Crippen LogP contribution is -2.38. The Hall–Kier alpha value is -0.0400. The Kier molecular flexibility index (Phi) is 4.69. The molecular weight excluding hydrogens is 194 g/mol. The molecule has 16 heavy (non-hydrogen) atoms. The summed E-state index contributed by atoms with van der Waals surface area (Å²) in [4.78, 5) is 0. The average Bonchev–Trinajstić information content (AvgIpc) is 2.26. The Morgan fingerprint density at radius 1 is 0.938 bits per heavy atom. The molecule has 2 rings (SSSR count). The molecule has 94 valence electrons. The molecule has 2 saturated carbocycles. The van der Waals surface area contributed by atoms with E-state index in [1.54, 1.807) is 6.42 Å². The maximum Gasteiger partial charge on any atom is 0.00104 e. The van der Waals surface area contributed by atoms with Gasteiger partial charge < -0.3 is 5.32 Å². The fourth-order valence-electron chi connectivity index (χ4n) is 3.46. The van der Waals surface area contributed by atoms with Crippen molar-refractivity contribution in [2.45, 2.75) is 71.3 Å². The molecule has 2 aliphatic rings. The maximum atomic E-state index is 3.61. The predicted octanol–water partition coefficient (Wildman–Crippen LogP) is 3.98. The summed E-state index contributed by atoms with van der Waals surface area (Å²) in [5.41, 5.74) is 0. The molecule has 0 bridgehead atoms. The minimum Gasteiger partial charge on any atom is -0.314 e. The third-order valence-electron chi connectivity index (χ3n) is 4.72. The zero-order valence-electron chi connectivity index (χ0n) is 11.2. The zero-order chi connectivity index (χ0) is 11.4. The number of hydrogen-bond donors (Lipinski definition) is 1. The molecule has 0 aliphatic heterocycles. The van der Waals surface area contributed by atoms with Gasteiger partial charge in [-0.05, 0) is 43.6 Å². The lowest BCUT2D eigenvalue weighted by molar-refractivity contribution is 0.123.